The number of urea groups is 1. The predicted molar refractivity (Wildman–Crippen MR) is 72.2 cm³/mol. The highest BCUT2D eigenvalue weighted by Crippen LogP contribution is 2.28. The Morgan fingerprint density at radius 3 is 2.37 bits per heavy atom. The number of carbonyl (C=O) groups is 2. The molecule has 1 unspecified atom stereocenters. The summed E-state index contributed by atoms with van der Waals surface area (Å²) in [7, 11) is 0. The third kappa shape index (κ3) is 2.67. The van der Waals surface area contributed by atoms with Crippen molar-refractivity contribution in [3.05, 3.63) is 0 Å². The first kappa shape index (κ1) is 13.1. The molecule has 0 aromatic carbocycles. The molecule has 0 bridgehead atoms. The van der Waals surface area contributed by atoms with Gasteiger partial charge in [-0.15, -0.1) is 11.8 Å². The highest BCUT2D eigenvalue weighted by atomic mass is 32.2. The van der Waals surface area contributed by atoms with Crippen LogP contribution in [0.15, 0.2) is 0 Å². The molecule has 19 heavy (non-hydrogen) atoms. The Kier molecular flexibility index (Phi) is 3.58. The van der Waals surface area contributed by atoms with Crippen LogP contribution in [0.1, 0.15) is 12.8 Å². The molecule has 1 saturated carbocycles. The Labute approximate surface area is 116 Å². The highest BCUT2D eigenvalue weighted by Gasteiger charge is 2.38. The Morgan fingerprint density at radius 1 is 1.11 bits per heavy atom. The van der Waals surface area contributed by atoms with Crippen molar-refractivity contribution in [2.75, 3.05) is 37.8 Å². The van der Waals surface area contributed by atoms with Gasteiger partial charge in [0.25, 0.3) is 0 Å². The molecular formula is C12H19N3O3S. The van der Waals surface area contributed by atoms with Gasteiger partial charge < -0.3 is 14.9 Å². The summed E-state index contributed by atoms with van der Waals surface area (Å²) in [4.78, 5) is 29.2. The number of thioether (sulfide) groups is 1. The van der Waals surface area contributed by atoms with Gasteiger partial charge in [-0.05, 0) is 12.8 Å². The van der Waals surface area contributed by atoms with Gasteiger partial charge in [0.15, 0.2) is 0 Å². The van der Waals surface area contributed by atoms with Crippen LogP contribution in [0.5, 0.6) is 0 Å². The van der Waals surface area contributed by atoms with Crippen LogP contribution in [0.25, 0.3) is 0 Å². The van der Waals surface area contributed by atoms with Gasteiger partial charge in [-0.1, -0.05) is 0 Å². The topological polar surface area (TPSA) is 64.1 Å². The molecule has 2 saturated heterocycles. The maximum atomic E-state index is 12.4. The lowest BCUT2D eigenvalue weighted by Gasteiger charge is -2.37. The number of piperazine rings is 1. The summed E-state index contributed by atoms with van der Waals surface area (Å²) in [6, 6.07) is -0.0156. The number of nitrogens with zero attached hydrogens (tertiary/aromatic N) is 3. The molecule has 3 aliphatic rings. The Balaban J connectivity index is 1.56. The molecule has 3 rings (SSSR count). The van der Waals surface area contributed by atoms with E-state index >= 15 is 0 Å². The first-order valence-electron chi connectivity index (χ1n) is 6.77. The van der Waals surface area contributed by atoms with Crippen LogP contribution in [0.3, 0.4) is 0 Å². The second kappa shape index (κ2) is 5.20. The summed E-state index contributed by atoms with van der Waals surface area (Å²) in [6.07, 6.45) is 2.58. The molecule has 2 heterocycles. The Bertz CT molecular complexity index is 380. The maximum Gasteiger partial charge on any atom is 0.327 e. The molecule has 2 amide bonds. The van der Waals surface area contributed by atoms with E-state index in [4.69, 9.17) is 5.11 Å². The fraction of sp³-hybridized carbons (Fsp3) is 0.833. The minimum atomic E-state index is -0.894. The molecule has 2 aliphatic heterocycles. The summed E-state index contributed by atoms with van der Waals surface area (Å²) in [5, 5.41) is 9.12. The third-order valence-electron chi connectivity index (χ3n) is 4.06. The van der Waals surface area contributed by atoms with Gasteiger partial charge in [0.2, 0.25) is 0 Å². The van der Waals surface area contributed by atoms with Gasteiger partial charge in [0.1, 0.15) is 6.04 Å². The minimum Gasteiger partial charge on any atom is -0.480 e. The van der Waals surface area contributed by atoms with E-state index in [0.29, 0.717) is 11.6 Å². The number of hydrogen-bond donors (Lipinski definition) is 1. The molecule has 6 nitrogen and oxygen atoms in total. The average Bonchev–Trinajstić information content (AvgIpc) is 3.14. The number of carbonyl (C=O) groups excluding carboxylic acids is 1. The predicted octanol–water partition coefficient (Wildman–Crippen LogP) is 0.346. The van der Waals surface area contributed by atoms with Crippen LogP contribution in [-0.4, -0.2) is 81.7 Å². The minimum absolute atomic E-state index is 0.104. The SMILES string of the molecule is O=C(O)C1CSCN1C(=O)N1CCN(C2CC2)CC1. The first-order valence-corrected chi connectivity index (χ1v) is 7.92. The van der Waals surface area contributed by atoms with Crippen molar-refractivity contribution in [2.45, 2.75) is 24.9 Å². The molecule has 106 valence electrons. The number of aliphatic carboxylic acids is 1. The molecule has 1 atom stereocenters. The fourth-order valence-electron chi connectivity index (χ4n) is 2.74. The quantitative estimate of drug-likeness (QED) is 0.793. The lowest BCUT2D eigenvalue weighted by molar-refractivity contribution is -0.141. The van der Waals surface area contributed by atoms with E-state index in [0.717, 1.165) is 32.2 Å². The van der Waals surface area contributed by atoms with Crippen LogP contribution in [0.4, 0.5) is 4.79 Å². The largest absolute Gasteiger partial charge is 0.480 e. The summed E-state index contributed by atoms with van der Waals surface area (Å²) in [5.74, 6) is 0.108. The lowest BCUT2D eigenvalue weighted by Crippen LogP contribution is -2.55. The van der Waals surface area contributed by atoms with Crippen molar-refractivity contribution in [2.24, 2.45) is 0 Å². The molecule has 0 aromatic rings. The van der Waals surface area contributed by atoms with Crippen molar-refractivity contribution in [3.63, 3.8) is 0 Å². The van der Waals surface area contributed by atoms with Gasteiger partial charge in [-0.3, -0.25) is 4.90 Å². The van der Waals surface area contributed by atoms with E-state index in [1.165, 1.54) is 29.5 Å². The van der Waals surface area contributed by atoms with Crippen LogP contribution >= 0.6 is 11.8 Å². The number of amides is 2. The van der Waals surface area contributed by atoms with Crippen molar-refractivity contribution in [1.82, 2.24) is 14.7 Å². The smallest absolute Gasteiger partial charge is 0.327 e. The van der Waals surface area contributed by atoms with Gasteiger partial charge in [-0.25, -0.2) is 9.59 Å². The second-order valence-electron chi connectivity index (χ2n) is 5.36. The summed E-state index contributed by atoms with van der Waals surface area (Å²) >= 11 is 1.51. The van der Waals surface area contributed by atoms with E-state index in [1.54, 1.807) is 4.90 Å². The molecule has 1 aliphatic carbocycles. The standard InChI is InChI=1S/C12H19N3O3S/c16-11(17)10-7-19-8-15(10)12(18)14-5-3-13(4-6-14)9-1-2-9/h9-10H,1-8H2,(H,16,17). The van der Waals surface area contributed by atoms with E-state index in [2.05, 4.69) is 4.90 Å². The summed E-state index contributed by atoms with van der Waals surface area (Å²) < 4.78 is 0. The zero-order valence-electron chi connectivity index (χ0n) is 10.8. The Hall–Kier alpha value is -0.950. The number of carboxylic acids is 1. The molecule has 0 spiro atoms. The normalized spacial score (nSPS) is 28.7. The monoisotopic (exact) mass is 285 g/mol. The molecule has 0 aromatic heterocycles. The maximum absolute atomic E-state index is 12.4. The zero-order valence-corrected chi connectivity index (χ0v) is 11.6. The third-order valence-corrected chi connectivity index (χ3v) is 5.07. The van der Waals surface area contributed by atoms with E-state index in [1.807, 2.05) is 0 Å². The van der Waals surface area contributed by atoms with Crippen molar-refractivity contribution < 1.29 is 14.7 Å². The number of hydrogen-bond acceptors (Lipinski definition) is 4. The van der Waals surface area contributed by atoms with Crippen molar-refractivity contribution >= 4 is 23.8 Å². The van der Waals surface area contributed by atoms with E-state index in [9.17, 15) is 9.59 Å². The van der Waals surface area contributed by atoms with Crippen LogP contribution in [0.2, 0.25) is 0 Å². The molecule has 1 N–H and O–H groups in total. The molecule has 0 radical (unpaired) electrons. The Morgan fingerprint density at radius 2 is 1.79 bits per heavy atom. The first-order chi connectivity index (χ1) is 9.16. The van der Waals surface area contributed by atoms with Crippen molar-refractivity contribution in [1.29, 1.82) is 0 Å². The van der Waals surface area contributed by atoms with Gasteiger partial charge >= 0.3 is 12.0 Å². The van der Waals surface area contributed by atoms with Gasteiger partial charge in [0.05, 0.1) is 5.88 Å². The van der Waals surface area contributed by atoms with E-state index in [-0.39, 0.29) is 6.03 Å². The molecule has 3 fully saturated rings. The molecular weight excluding hydrogens is 266 g/mol. The van der Waals surface area contributed by atoms with Gasteiger partial charge in [-0.2, -0.15) is 0 Å². The van der Waals surface area contributed by atoms with Crippen molar-refractivity contribution in [3.8, 4) is 0 Å². The number of carboxylic acid groups (broad SMARTS) is 1. The number of rotatable bonds is 2. The summed E-state index contributed by atoms with van der Waals surface area (Å²) in [5.41, 5.74) is 0. The van der Waals surface area contributed by atoms with Crippen LogP contribution in [0, 0.1) is 0 Å². The molecule has 7 heteroatoms. The zero-order chi connectivity index (χ0) is 13.4. The lowest BCUT2D eigenvalue weighted by atomic mass is 10.3. The average molecular weight is 285 g/mol. The van der Waals surface area contributed by atoms with Crippen LogP contribution in [-0.2, 0) is 4.79 Å². The van der Waals surface area contributed by atoms with E-state index < -0.39 is 12.0 Å². The second-order valence-corrected chi connectivity index (χ2v) is 6.36. The summed E-state index contributed by atoms with van der Waals surface area (Å²) in [6.45, 7) is 3.30. The van der Waals surface area contributed by atoms with Crippen LogP contribution < -0.4 is 0 Å². The highest BCUT2D eigenvalue weighted by molar-refractivity contribution is 7.99. The van der Waals surface area contributed by atoms with Gasteiger partial charge in [0, 0.05) is 38.0 Å². The fourth-order valence-corrected chi connectivity index (χ4v) is 3.87.